The van der Waals surface area contributed by atoms with Gasteiger partial charge in [-0.25, -0.2) is 9.78 Å². The number of rotatable bonds is 6. The second-order valence-corrected chi connectivity index (χ2v) is 4.63. The fourth-order valence-electron chi connectivity index (χ4n) is 1.70. The van der Waals surface area contributed by atoms with Crippen LogP contribution in [0.3, 0.4) is 0 Å². The summed E-state index contributed by atoms with van der Waals surface area (Å²) in [6, 6.07) is 3.16. The number of anilines is 1. The summed E-state index contributed by atoms with van der Waals surface area (Å²) in [6.45, 7) is 4.74. The Balaban J connectivity index is 3.00. The molecule has 0 saturated heterocycles. The molecular formula is C13H19N3O3. The Morgan fingerprint density at radius 3 is 2.68 bits per heavy atom. The van der Waals surface area contributed by atoms with Gasteiger partial charge in [-0.3, -0.25) is 4.79 Å². The van der Waals surface area contributed by atoms with E-state index in [4.69, 9.17) is 5.73 Å². The van der Waals surface area contributed by atoms with Gasteiger partial charge in [-0.05, 0) is 18.1 Å². The average molecular weight is 265 g/mol. The van der Waals surface area contributed by atoms with Crippen molar-refractivity contribution in [3.8, 4) is 0 Å². The van der Waals surface area contributed by atoms with Crippen molar-refractivity contribution in [3.63, 3.8) is 0 Å². The normalized spacial score (nSPS) is 10.3. The summed E-state index contributed by atoms with van der Waals surface area (Å²) in [5.74, 6) is -0.00326. The van der Waals surface area contributed by atoms with E-state index in [1.165, 1.54) is 13.3 Å². The highest BCUT2D eigenvalue weighted by atomic mass is 16.5. The van der Waals surface area contributed by atoms with E-state index < -0.39 is 11.9 Å². The van der Waals surface area contributed by atoms with Crippen LogP contribution < -0.4 is 10.6 Å². The molecule has 0 atom stereocenters. The first kappa shape index (κ1) is 14.9. The molecule has 0 aliphatic rings. The fourth-order valence-corrected chi connectivity index (χ4v) is 1.70. The number of amides is 1. The van der Waals surface area contributed by atoms with Crippen molar-refractivity contribution in [2.75, 3.05) is 25.1 Å². The van der Waals surface area contributed by atoms with Crippen LogP contribution in [0.5, 0.6) is 0 Å². The van der Waals surface area contributed by atoms with E-state index in [2.05, 4.69) is 9.72 Å². The van der Waals surface area contributed by atoms with Crippen molar-refractivity contribution in [2.24, 2.45) is 11.7 Å². The Kier molecular flexibility index (Phi) is 5.29. The van der Waals surface area contributed by atoms with Crippen LogP contribution in [-0.2, 0) is 9.53 Å². The molecule has 1 amide bonds. The lowest BCUT2D eigenvalue weighted by Gasteiger charge is -2.24. The maximum absolute atomic E-state index is 11.5. The molecule has 0 fully saturated rings. The van der Waals surface area contributed by atoms with Gasteiger partial charge in [-0.2, -0.15) is 0 Å². The monoisotopic (exact) mass is 265 g/mol. The summed E-state index contributed by atoms with van der Waals surface area (Å²) >= 11 is 0. The molecule has 0 radical (unpaired) electrons. The molecule has 0 aliphatic carbocycles. The third-order valence-electron chi connectivity index (χ3n) is 2.42. The Bertz CT molecular complexity index is 460. The largest absolute Gasteiger partial charge is 0.465 e. The topological polar surface area (TPSA) is 85.5 Å². The minimum atomic E-state index is -0.439. The van der Waals surface area contributed by atoms with Crippen LogP contribution in [0, 0.1) is 5.92 Å². The standard InChI is InChI=1S/C13H19N3O3/c1-9(2)7-16(8-11(14)17)12-6-10(4-5-15-12)13(18)19-3/h4-6,9H,7-8H2,1-3H3,(H2,14,17). The predicted molar refractivity (Wildman–Crippen MR) is 71.8 cm³/mol. The van der Waals surface area contributed by atoms with Crippen molar-refractivity contribution in [2.45, 2.75) is 13.8 Å². The Labute approximate surface area is 112 Å². The second-order valence-electron chi connectivity index (χ2n) is 4.63. The SMILES string of the molecule is COC(=O)c1ccnc(N(CC(N)=O)CC(C)C)c1. The highest BCUT2D eigenvalue weighted by molar-refractivity contribution is 5.90. The number of hydrogen-bond acceptors (Lipinski definition) is 5. The molecular weight excluding hydrogens is 246 g/mol. The van der Waals surface area contributed by atoms with Gasteiger partial charge < -0.3 is 15.4 Å². The van der Waals surface area contributed by atoms with E-state index in [0.717, 1.165) is 0 Å². The van der Waals surface area contributed by atoms with E-state index in [1.807, 2.05) is 13.8 Å². The molecule has 0 bridgehead atoms. The third-order valence-corrected chi connectivity index (χ3v) is 2.42. The van der Waals surface area contributed by atoms with Crippen molar-refractivity contribution in [1.29, 1.82) is 0 Å². The first-order valence-corrected chi connectivity index (χ1v) is 6.01. The van der Waals surface area contributed by atoms with E-state index in [0.29, 0.717) is 23.8 Å². The van der Waals surface area contributed by atoms with Gasteiger partial charge in [0, 0.05) is 12.7 Å². The molecule has 1 aromatic rings. The summed E-state index contributed by atoms with van der Waals surface area (Å²) in [5, 5.41) is 0. The summed E-state index contributed by atoms with van der Waals surface area (Å²) < 4.78 is 4.66. The van der Waals surface area contributed by atoms with E-state index in [9.17, 15) is 9.59 Å². The Morgan fingerprint density at radius 1 is 1.47 bits per heavy atom. The van der Waals surface area contributed by atoms with Crippen LogP contribution in [0.25, 0.3) is 0 Å². The van der Waals surface area contributed by atoms with Crippen LogP contribution in [-0.4, -0.2) is 37.1 Å². The minimum Gasteiger partial charge on any atom is -0.465 e. The molecule has 1 rings (SSSR count). The van der Waals surface area contributed by atoms with Crippen molar-refractivity contribution in [3.05, 3.63) is 23.9 Å². The Hall–Kier alpha value is -2.11. The lowest BCUT2D eigenvalue weighted by Crippen LogP contribution is -2.36. The maximum atomic E-state index is 11.5. The second kappa shape index (κ2) is 6.72. The minimum absolute atomic E-state index is 0.0653. The highest BCUT2D eigenvalue weighted by Crippen LogP contribution is 2.15. The predicted octanol–water partition coefficient (Wildman–Crippen LogP) is 0.816. The number of ether oxygens (including phenoxy) is 1. The highest BCUT2D eigenvalue weighted by Gasteiger charge is 2.15. The zero-order valence-corrected chi connectivity index (χ0v) is 11.4. The number of nitrogens with zero attached hydrogens (tertiary/aromatic N) is 2. The summed E-state index contributed by atoms with van der Waals surface area (Å²) in [5.41, 5.74) is 5.62. The van der Waals surface area contributed by atoms with Crippen LogP contribution >= 0.6 is 0 Å². The van der Waals surface area contributed by atoms with Crippen LogP contribution in [0.1, 0.15) is 24.2 Å². The molecule has 104 valence electrons. The smallest absolute Gasteiger partial charge is 0.338 e. The zero-order chi connectivity index (χ0) is 14.4. The lowest BCUT2D eigenvalue weighted by atomic mass is 10.2. The molecule has 1 heterocycles. The van der Waals surface area contributed by atoms with Crippen LogP contribution in [0.4, 0.5) is 5.82 Å². The van der Waals surface area contributed by atoms with E-state index >= 15 is 0 Å². The molecule has 0 unspecified atom stereocenters. The average Bonchev–Trinajstić information content (AvgIpc) is 2.36. The molecule has 0 aromatic carbocycles. The van der Waals surface area contributed by atoms with E-state index in [1.54, 1.807) is 17.0 Å². The number of methoxy groups -OCH3 is 1. The van der Waals surface area contributed by atoms with Crippen molar-refractivity contribution >= 4 is 17.7 Å². The number of carbonyl (C=O) groups excluding carboxylic acids is 2. The summed E-state index contributed by atoms with van der Waals surface area (Å²) in [6.07, 6.45) is 1.51. The zero-order valence-electron chi connectivity index (χ0n) is 11.4. The fraction of sp³-hybridized carbons (Fsp3) is 0.462. The number of aromatic nitrogens is 1. The number of pyridine rings is 1. The number of hydrogen-bond donors (Lipinski definition) is 1. The van der Waals surface area contributed by atoms with Gasteiger partial charge in [0.05, 0.1) is 19.2 Å². The van der Waals surface area contributed by atoms with Crippen molar-refractivity contribution in [1.82, 2.24) is 4.98 Å². The van der Waals surface area contributed by atoms with Gasteiger partial charge in [-0.15, -0.1) is 0 Å². The molecule has 6 nitrogen and oxygen atoms in total. The first-order valence-electron chi connectivity index (χ1n) is 6.01. The van der Waals surface area contributed by atoms with Gasteiger partial charge in [0.15, 0.2) is 0 Å². The van der Waals surface area contributed by atoms with Crippen molar-refractivity contribution < 1.29 is 14.3 Å². The first-order chi connectivity index (χ1) is 8.93. The number of carbonyl (C=O) groups is 2. The van der Waals surface area contributed by atoms with Crippen LogP contribution in [0.15, 0.2) is 18.3 Å². The third kappa shape index (κ3) is 4.57. The molecule has 2 N–H and O–H groups in total. The quantitative estimate of drug-likeness (QED) is 0.769. The van der Waals surface area contributed by atoms with E-state index in [-0.39, 0.29) is 6.54 Å². The number of esters is 1. The van der Waals surface area contributed by atoms with Crippen LogP contribution in [0.2, 0.25) is 0 Å². The summed E-state index contributed by atoms with van der Waals surface area (Å²) in [7, 11) is 1.32. The number of primary amides is 1. The number of nitrogens with two attached hydrogens (primary N) is 1. The Morgan fingerprint density at radius 2 is 2.16 bits per heavy atom. The van der Waals surface area contributed by atoms with Gasteiger partial charge in [0.1, 0.15) is 5.82 Å². The van der Waals surface area contributed by atoms with Gasteiger partial charge >= 0.3 is 5.97 Å². The lowest BCUT2D eigenvalue weighted by molar-refractivity contribution is -0.116. The maximum Gasteiger partial charge on any atom is 0.338 e. The summed E-state index contributed by atoms with van der Waals surface area (Å²) in [4.78, 5) is 28.5. The molecule has 1 aromatic heterocycles. The van der Waals surface area contributed by atoms with Gasteiger partial charge in [0.2, 0.25) is 5.91 Å². The molecule has 6 heteroatoms. The molecule has 0 spiro atoms. The van der Waals surface area contributed by atoms with Gasteiger partial charge in [-0.1, -0.05) is 13.8 Å². The molecule has 0 saturated carbocycles. The van der Waals surface area contributed by atoms with Gasteiger partial charge in [0.25, 0.3) is 0 Å². The molecule has 19 heavy (non-hydrogen) atoms. The molecule has 0 aliphatic heterocycles.